The average Bonchev–Trinajstić information content (AvgIpc) is 3.23. The summed E-state index contributed by atoms with van der Waals surface area (Å²) >= 11 is 0. The molecule has 2 N–H and O–H groups in total. The van der Waals surface area contributed by atoms with Crippen molar-refractivity contribution in [2.75, 3.05) is 6.54 Å². The number of aryl methyl sites for hydroxylation is 1. The van der Waals surface area contributed by atoms with Gasteiger partial charge in [0.05, 0.1) is 5.69 Å². The summed E-state index contributed by atoms with van der Waals surface area (Å²) in [6.45, 7) is 5.63. The van der Waals surface area contributed by atoms with Crippen LogP contribution in [0, 0.1) is 13.8 Å². The van der Waals surface area contributed by atoms with E-state index >= 15 is 0 Å². The van der Waals surface area contributed by atoms with Crippen LogP contribution in [0.25, 0.3) is 5.69 Å². The third kappa shape index (κ3) is 3.59. The summed E-state index contributed by atoms with van der Waals surface area (Å²) in [6, 6.07) is 9.94. The molecule has 0 aliphatic rings. The van der Waals surface area contributed by atoms with E-state index in [9.17, 15) is 9.59 Å². The SMILES string of the molecule is CC(=O)c1c(C)[nH]c(C(=O)NCCc2ccc(-n3cccn3)cc2)c1C. The number of rotatable bonds is 6. The number of aromatic amines is 1. The van der Waals surface area contributed by atoms with Crippen LogP contribution >= 0.6 is 0 Å². The number of hydrogen-bond donors (Lipinski definition) is 2. The standard InChI is InChI=1S/C20H22N4O2/c1-13-18(15(3)25)14(2)23-19(13)20(26)21-11-9-16-5-7-17(8-6-16)24-12-4-10-22-24/h4-8,10,12,23H,9,11H2,1-3H3,(H,21,26). The van der Waals surface area contributed by atoms with E-state index in [4.69, 9.17) is 0 Å². The smallest absolute Gasteiger partial charge is 0.268 e. The number of benzene rings is 1. The molecule has 6 heteroatoms. The van der Waals surface area contributed by atoms with Crippen LogP contribution in [0.4, 0.5) is 0 Å². The highest BCUT2D eigenvalue weighted by Crippen LogP contribution is 2.18. The normalized spacial score (nSPS) is 10.7. The lowest BCUT2D eigenvalue weighted by Gasteiger charge is -2.07. The van der Waals surface area contributed by atoms with Gasteiger partial charge in [-0.25, -0.2) is 4.68 Å². The molecule has 0 spiro atoms. The number of aromatic nitrogens is 3. The van der Waals surface area contributed by atoms with Crippen molar-refractivity contribution in [1.82, 2.24) is 20.1 Å². The van der Waals surface area contributed by atoms with Crippen molar-refractivity contribution in [3.05, 3.63) is 70.8 Å². The molecule has 0 saturated carbocycles. The van der Waals surface area contributed by atoms with Gasteiger partial charge in [0.1, 0.15) is 5.69 Å². The molecule has 26 heavy (non-hydrogen) atoms. The molecule has 3 rings (SSSR count). The molecule has 0 radical (unpaired) electrons. The van der Waals surface area contributed by atoms with Gasteiger partial charge in [0.15, 0.2) is 5.78 Å². The highest BCUT2D eigenvalue weighted by Gasteiger charge is 2.19. The van der Waals surface area contributed by atoms with Gasteiger partial charge in [-0.3, -0.25) is 9.59 Å². The molecular weight excluding hydrogens is 328 g/mol. The zero-order valence-electron chi connectivity index (χ0n) is 15.2. The third-order valence-electron chi connectivity index (χ3n) is 4.42. The molecule has 3 aromatic rings. The molecule has 0 atom stereocenters. The molecular formula is C20H22N4O2. The maximum Gasteiger partial charge on any atom is 0.268 e. The second-order valence-electron chi connectivity index (χ2n) is 6.30. The zero-order chi connectivity index (χ0) is 18.7. The van der Waals surface area contributed by atoms with E-state index in [-0.39, 0.29) is 11.7 Å². The fourth-order valence-corrected chi connectivity index (χ4v) is 3.15. The number of amides is 1. The number of Topliss-reactive ketones (excluding diaryl/α,β-unsaturated/α-hetero) is 1. The summed E-state index contributed by atoms with van der Waals surface area (Å²) < 4.78 is 1.80. The van der Waals surface area contributed by atoms with Crippen molar-refractivity contribution < 1.29 is 9.59 Å². The van der Waals surface area contributed by atoms with Gasteiger partial charge < -0.3 is 10.3 Å². The van der Waals surface area contributed by atoms with Gasteiger partial charge in [0.2, 0.25) is 0 Å². The van der Waals surface area contributed by atoms with Crippen LogP contribution in [-0.4, -0.2) is 33.0 Å². The first kappa shape index (κ1) is 17.7. The fraction of sp³-hybridized carbons (Fsp3) is 0.250. The van der Waals surface area contributed by atoms with E-state index in [1.54, 1.807) is 17.8 Å². The molecule has 2 aromatic heterocycles. The number of carbonyl (C=O) groups excluding carboxylic acids is 2. The Labute approximate surface area is 152 Å². The van der Waals surface area contributed by atoms with Crippen LogP contribution < -0.4 is 5.32 Å². The van der Waals surface area contributed by atoms with Crippen LogP contribution in [0.2, 0.25) is 0 Å². The number of carbonyl (C=O) groups is 2. The van der Waals surface area contributed by atoms with Gasteiger partial charge in [0, 0.05) is 30.2 Å². The van der Waals surface area contributed by atoms with Crippen LogP contribution in [0.5, 0.6) is 0 Å². The first-order valence-electron chi connectivity index (χ1n) is 8.54. The van der Waals surface area contributed by atoms with Crippen LogP contribution in [0.1, 0.15) is 44.6 Å². The molecule has 0 aliphatic carbocycles. The minimum atomic E-state index is -0.189. The predicted octanol–water partition coefficient (Wildman–Crippen LogP) is 2.99. The highest BCUT2D eigenvalue weighted by molar-refractivity contribution is 6.02. The van der Waals surface area contributed by atoms with Crippen molar-refractivity contribution >= 4 is 11.7 Å². The lowest BCUT2D eigenvalue weighted by atomic mass is 10.1. The zero-order valence-corrected chi connectivity index (χ0v) is 15.2. The maximum atomic E-state index is 12.4. The molecule has 0 aliphatic heterocycles. The van der Waals surface area contributed by atoms with Gasteiger partial charge in [-0.05, 0) is 56.5 Å². The fourth-order valence-electron chi connectivity index (χ4n) is 3.15. The average molecular weight is 350 g/mol. The second-order valence-corrected chi connectivity index (χ2v) is 6.30. The van der Waals surface area contributed by atoms with Gasteiger partial charge in [-0.1, -0.05) is 12.1 Å². The minimum absolute atomic E-state index is 0.0347. The summed E-state index contributed by atoms with van der Waals surface area (Å²) in [7, 11) is 0. The summed E-state index contributed by atoms with van der Waals surface area (Å²) in [6.07, 6.45) is 4.36. The third-order valence-corrected chi connectivity index (χ3v) is 4.42. The molecule has 134 valence electrons. The maximum absolute atomic E-state index is 12.4. The Kier molecular flexibility index (Phi) is 5.02. The van der Waals surface area contributed by atoms with Gasteiger partial charge in [-0.15, -0.1) is 0 Å². The van der Waals surface area contributed by atoms with Crippen molar-refractivity contribution in [3.63, 3.8) is 0 Å². The second kappa shape index (κ2) is 7.39. The monoisotopic (exact) mass is 350 g/mol. The van der Waals surface area contributed by atoms with Crippen molar-refractivity contribution in [3.8, 4) is 5.69 Å². The number of hydrogen-bond acceptors (Lipinski definition) is 3. The number of H-pyrrole nitrogens is 1. The molecule has 0 bridgehead atoms. The van der Waals surface area contributed by atoms with Crippen LogP contribution in [0.15, 0.2) is 42.7 Å². The van der Waals surface area contributed by atoms with E-state index in [0.717, 1.165) is 23.4 Å². The Morgan fingerprint density at radius 1 is 1.19 bits per heavy atom. The number of ketones is 1. The van der Waals surface area contributed by atoms with E-state index in [2.05, 4.69) is 15.4 Å². The minimum Gasteiger partial charge on any atom is -0.354 e. The quantitative estimate of drug-likeness (QED) is 0.671. The Bertz CT molecular complexity index is 922. The van der Waals surface area contributed by atoms with Gasteiger partial charge in [0.25, 0.3) is 5.91 Å². The molecule has 1 aromatic carbocycles. The topological polar surface area (TPSA) is 79.8 Å². The first-order chi connectivity index (χ1) is 12.5. The number of nitrogens with one attached hydrogen (secondary N) is 2. The lowest BCUT2D eigenvalue weighted by molar-refractivity contribution is 0.0949. The van der Waals surface area contributed by atoms with Crippen LogP contribution in [-0.2, 0) is 6.42 Å². The largest absolute Gasteiger partial charge is 0.354 e. The Morgan fingerprint density at radius 2 is 1.92 bits per heavy atom. The van der Waals surface area contributed by atoms with E-state index in [1.165, 1.54) is 6.92 Å². The first-order valence-corrected chi connectivity index (χ1v) is 8.54. The summed E-state index contributed by atoms with van der Waals surface area (Å²) in [5.74, 6) is -0.223. The Balaban J connectivity index is 1.59. The molecule has 0 unspecified atom stereocenters. The molecule has 0 saturated heterocycles. The Morgan fingerprint density at radius 3 is 2.50 bits per heavy atom. The van der Waals surface area contributed by atoms with E-state index in [0.29, 0.717) is 23.4 Å². The lowest BCUT2D eigenvalue weighted by Crippen LogP contribution is -2.26. The van der Waals surface area contributed by atoms with Crippen molar-refractivity contribution in [2.24, 2.45) is 0 Å². The molecule has 1 amide bonds. The highest BCUT2D eigenvalue weighted by atomic mass is 16.2. The molecule has 6 nitrogen and oxygen atoms in total. The van der Waals surface area contributed by atoms with E-state index in [1.807, 2.05) is 43.5 Å². The van der Waals surface area contributed by atoms with Crippen molar-refractivity contribution in [2.45, 2.75) is 27.2 Å². The molecule has 2 heterocycles. The Hall–Kier alpha value is -3.15. The molecule has 0 fully saturated rings. The van der Waals surface area contributed by atoms with Gasteiger partial charge in [-0.2, -0.15) is 5.10 Å². The van der Waals surface area contributed by atoms with Gasteiger partial charge >= 0.3 is 0 Å². The summed E-state index contributed by atoms with van der Waals surface area (Å²) in [5, 5.41) is 7.11. The number of nitrogens with zero attached hydrogens (tertiary/aromatic N) is 2. The predicted molar refractivity (Wildman–Crippen MR) is 99.9 cm³/mol. The van der Waals surface area contributed by atoms with Crippen LogP contribution in [0.3, 0.4) is 0 Å². The summed E-state index contributed by atoms with van der Waals surface area (Å²) in [5.41, 5.74) is 4.62. The summed E-state index contributed by atoms with van der Waals surface area (Å²) in [4.78, 5) is 27.1. The van der Waals surface area contributed by atoms with E-state index < -0.39 is 0 Å². The van der Waals surface area contributed by atoms with Crippen molar-refractivity contribution in [1.29, 1.82) is 0 Å².